The van der Waals surface area contributed by atoms with Crippen LogP contribution in [0.15, 0.2) is 66.7 Å². The summed E-state index contributed by atoms with van der Waals surface area (Å²) in [5.74, 6) is -2.34. The highest BCUT2D eigenvalue weighted by molar-refractivity contribution is 6.99. The van der Waals surface area contributed by atoms with Gasteiger partial charge in [0.05, 0.1) is 13.7 Å². The second-order valence-corrected chi connectivity index (χ2v) is 13.9. The Bertz CT molecular complexity index is 1120. The number of hydrogen-bond donors (Lipinski definition) is 1. The lowest BCUT2D eigenvalue weighted by Gasteiger charge is -2.43. The van der Waals surface area contributed by atoms with Gasteiger partial charge in [-0.3, -0.25) is 0 Å². The molecule has 0 aliphatic rings. The third kappa shape index (κ3) is 5.26. The fourth-order valence-corrected chi connectivity index (χ4v) is 9.04. The monoisotopic (exact) mass is 496 g/mol. The van der Waals surface area contributed by atoms with Gasteiger partial charge in [0.25, 0.3) is 8.32 Å². The molecule has 0 aliphatic heterocycles. The van der Waals surface area contributed by atoms with Gasteiger partial charge in [-0.25, -0.2) is 9.18 Å². The summed E-state index contributed by atoms with van der Waals surface area (Å²) in [6.07, 6.45) is -0.629. The first-order valence-electron chi connectivity index (χ1n) is 11.5. The number of benzene rings is 3. The molecule has 186 valence electrons. The summed E-state index contributed by atoms with van der Waals surface area (Å²) in [5.41, 5.74) is -0.182. The number of halogens is 1. The maximum Gasteiger partial charge on any atom is 0.345 e. The summed E-state index contributed by atoms with van der Waals surface area (Å²) in [6.45, 7) is 9.88. The van der Waals surface area contributed by atoms with Gasteiger partial charge in [0.2, 0.25) is 0 Å². The van der Waals surface area contributed by atoms with Crippen LogP contribution in [0.1, 0.15) is 43.6 Å². The number of phenols is 1. The third-order valence-corrected chi connectivity index (χ3v) is 11.0. The lowest BCUT2D eigenvalue weighted by molar-refractivity contribution is 0.0583. The summed E-state index contributed by atoms with van der Waals surface area (Å²) in [4.78, 5) is 12.3. The van der Waals surface area contributed by atoms with Crippen LogP contribution >= 0.6 is 0 Å². The molecule has 0 radical (unpaired) electrons. The van der Waals surface area contributed by atoms with Crippen LogP contribution in [-0.2, 0) is 9.16 Å². The summed E-state index contributed by atoms with van der Waals surface area (Å²) in [5, 5.41) is 12.3. The molecule has 35 heavy (non-hydrogen) atoms. The van der Waals surface area contributed by atoms with E-state index in [1.807, 2.05) is 36.4 Å². The summed E-state index contributed by atoms with van der Waals surface area (Å²) in [7, 11) is -1.66. The van der Waals surface area contributed by atoms with E-state index in [4.69, 9.17) is 13.9 Å². The molecule has 0 heterocycles. The molecular formula is C28H33FO5Si. The lowest BCUT2D eigenvalue weighted by Crippen LogP contribution is -2.67. The fourth-order valence-electron chi connectivity index (χ4n) is 4.39. The summed E-state index contributed by atoms with van der Waals surface area (Å²) < 4.78 is 32.5. The quantitative estimate of drug-likeness (QED) is 0.352. The smallest absolute Gasteiger partial charge is 0.345 e. The fraction of sp³-hybridized carbons (Fsp3) is 0.321. The van der Waals surface area contributed by atoms with E-state index in [0.717, 1.165) is 10.4 Å². The van der Waals surface area contributed by atoms with Crippen LogP contribution in [0.2, 0.25) is 5.04 Å². The van der Waals surface area contributed by atoms with Gasteiger partial charge in [-0.15, -0.1) is 0 Å². The van der Waals surface area contributed by atoms with Gasteiger partial charge in [-0.05, 0) is 40.9 Å². The molecule has 1 atom stereocenters. The first-order chi connectivity index (χ1) is 16.5. The van der Waals surface area contributed by atoms with E-state index in [2.05, 4.69) is 45.0 Å². The average Bonchev–Trinajstić information content (AvgIpc) is 2.83. The van der Waals surface area contributed by atoms with Gasteiger partial charge in [0.1, 0.15) is 17.4 Å². The van der Waals surface area contributed by atoms with E-state index < -0.39 is 32.0 Å². The molecule has 7 heteroatoms. The Labute approximate surface area is 207 Å². The van der Waals surface area contributed by atoms with Crippen LogP contribution in [0.25, 0.3) is 0 Å². The zero-order chi connectivity index (χ0) is 25.8. The molecular weight excluding hydrogens is 463 g/mol. The molecule has 0 aromatic heterocycles. The van der Waals surface area contributed by atoms with Gasteiger partial charge < -0.3 is 19.0 Å². The maximum absolute atomic E-state index is 15.0. The lowest BCUT2D eigenvalue weighted by atomic mass is 10.1. The topological polar surface area (TPSA) is 65.0 Å². The molecule has 0 amide bonds. The van der Waals surface area contributed by atoms with E-state index in [9.17, 15) is 9.90 Å². The summed E-state index contributed by atoms with van der Waals surface area (Å²) >= 11 is 0. The number of carbonyl (C=O) groups excluding carboxylic acids is 1. The second-order valence-electron chi connectivity index (χ2n) is 9.62. The van der Waals surface area contributed by atoms with Crippen molar-refractivity contribution < 1.29 is 28.2 Å². The van der Waals surface area contributed by atoms with E-state index in [-0.39, 0.29) is 28.5 Å². The zero-order valence-electron chi connectivity index (χ0n) is 21.1. The van der Waals surface area contributed by atoms with Crippen LogP contribution in [-0.4, -0.2) is 39.2 Å². The molecule has 0 bridgehead atoms. The van der Waals surface area contributed by atoms with Crippen LogP contribution in [0, 0.1) is 12.7 Å². The minimum absolute atomic E-state index is 0.141. The first kappa shape index (κ1) is 26.4. The van der Waals surface area contributed by atoms with Crippen molar-refractivity contribution in [3.05, 3.63) is 83.7 Å². The van der Waals surface area contributed by atoms with Crippen molar-refractivity contribution in [2.45, 2.75) is 45.8 Å². The van der Waals surface area contributed by atoms with Gasteiger partial charge in [0.15, 0.2) is 11.6 Å². The van der Waals surface area contributed by atoms with Crippen molar-refractivity contribution in [2.75, 3.05) is 13.7 Å². The Kier molecular flexibility index (Phi) is 8.02. The van der Waals surface area contributed by atoms with E-state index in [1.165, 1.54) is 20.1 Å². The maximum atomic E-state index is 15.0. The van der Waals surface area contributed by atoms with Gasteiger partial charge >= 0.3 is 5.97 Å². The van der Waals surface area contributed by atoms with Crippen molar-refractivity contribution in [3.8, 4) is 11.5 Å². The van der Waals surface area contributed by atoms with E-state index in [1.54, 1.807) is 6.92 Å². The predicted molar refractivity (Wildman–Crippen MR) is 138 cm³/mol. The molecule has 5 nitrogen and oxygen atoms in total. The standard InChI is InChI=1S/C28H33FO5Si/c1-19-17-23(30)24(27(31)32-6)26(25(19)29)34-20(2)18-33-35(28(3,4)5,21-13-9-7-10-14-21)22-15-11-8-12-16-22/h7-17,20,30H,18H2,1-6H3/t20-/m1/s1. The number of phenolic OH excluding ortho intramolecular Hbond substituents is 1. The normalized spacial score (nSPS) is 12.8. The molecule has 1 N–H and O–H groups in total. The number of methoxy groups -OCH3 is 1. The van der Waals surface area contributed by atoms with Crippen LogP contribution in [0.3, 0.4) is 0 Å². The molecule has 0 aliphatic carbocycles. The molecule has 0 fully saturated rings. The Morgan fingerprint density at radius 3 is 2.00 bits per heavy atom. The largest absolute Gasteiger partial charge is 0.507 e. The second kappa shape index (κ2) is 10.6. The van der Waals surface area contributed by atoms with E-state index in [0.29, 0.717) is 0 Å². The molecule has 3 aromatic rings. The number of ether oxygens (including phenoxy) is 2. The number of aryl methyl sites for hydroxylation is 1. The Balaban J connectivity index is 2.00. The highest BCUT2D eigenvalue weighted by Gasteiger charge is 2.50. The number of rotatable bonds is 8. The van der Waals surface area contributed by atoms with Crippen LogP contribution in [0.4, 0.5) is 4.39 Å². The van der Waals surface area contributed by atoms with Crippen molar-refractivity contribution in [2.24, 2.45) is 0 Å². The number of carbonyl (C=O) groups is 1. The van der Waals surface area contributed by atoms with Gasteiger partial charge in [0, 0.05) is 0 Å². The SMILES string of the molecule is COC(=O)c1c(O)cc(C)c(F)c1O[C@H](C)CO[Si](c1ccccc1)(c1ccccc1)C(C)(C)C. The predicted octanol–water partition coefficient (Wildman–Crippen LogP) is 4.97. The van der Waals surface area contributed by atoms with Crippen molar-refractivity contribution in [1.29, 1.82) is 0 Å². The van der Waals surface area contributed by atoms with Gasteiger partial charge in [-0.2, -0.15) is 0 Å². The number of esters is 1. The molecule has 3 aromatic carbocycles. The highest BCUT2D eigenvalue weighted by Crippen LogP contribution is 2.38. The highest BCUT2D eigenvalue weighted by atomic mass is 28.4. The average molecular weight is 497 g/mol. The Morgan fingerprint density at radius 2 is 1.54 bits per heavy atom. The molecule has 0 saturated carbocycles. The molecule has 0 spiro atoms. The molecule has 0 saturated heterocycles. The first-order valence-corrected chi connectivity index (χ1v) is 13.5. The van der Waals surface area contributed by atoms with E-state index >= 15 is 4.39 Å². The van der Waals surface area contributed by atoms with Crippen molar-refractivity contribution in [1.82, 2.24) is 0 Å². The number of hydrogen-bond acceptors (Lipinski definition) is 5. The Morgan fingerprint density at radius 1 is 1.03 bits per heavy atom. The minimum Gasteiger partial charge on any atom is -0.507 e. The third-order valence-electron chi connectivity index (χ3n) is 6.04. The van der Waals surface area contributed by atoms with Crippen molar-refractivity contribution >= 4 is 24.7 Å². The number of aromatic hydroxyl groups is 1. The van der Waals surface area contributed by atoms with Crippen LogP contribution in [0.5, 0.6) is 11.5 Å². The minimum atomic E-state index is -2.82. The Hall–Kier alpha value is -3.16. The zero-order valence-corrected chi connectivity index (χ0v) is 22.1. The van der Waals surface area contributed by atoms with Crippen LogP contribution < -0.4 is 15.1 Å². The van der Waals surface area contributed by atoms with Gasteiger partial charge in [-0.1, -0.05) is 81.4 Å². The molecule has 0 unspecified atom stereocenters. The molecule has 3 rings (SSSR count). The van der Waals surface area contributed by atoms with Crippen molar-refractivity contribution in [3.63, 3.8) is 0 Å². The summed E-state index contributed by atoms with van der Waals surface area (Å²) in [6, 6.07) is 21.5.